The van der Waals surface area contributed by atoms with Gasteiger partial charge in [-0.05, 0) is 65.7 Å². The molecule has 2 atom stereocenters. The molecule has 1 fully saturated rings. The van der Waals surface area contributed by atoms with Crippen LogP contribution in [0.3, 0.4) is 0 Å². The Bertz CT molecular complexity index is 1030. The van der Waals surface area contributed by atoms with Gasteiger partial charge in [-0.3, -0.25) is 9.69 Å². The average molecular weight is 516 g/mol. The number of carbonyl (C=O) groups is 3. The normalized spacial score (nSPS) is 19.0. The Kier molecular flexibility index (Phi) is 8.32. The number of thiol groups is 1. The van der Waals surface area contributed by atoms with Crippen LogP contribution in [0.2, 0.25) is 0 Å². The van der Waals surface area contributed by atoms with Crippen LogP contribution in [0.15, 0.2) is 29.2 Å². The topological polar surface area (TPSA) is 136 Å². The van der Waals surface area contributed by atoms with Gasteiger partial charge >= 0.3 is 12.2 Å². The van der Waals surface area contributed by atoms with Crippen molar-refractivity contribution in [2.45, 2.75) is 81.9 Å². The van der Waals surface area contributed by atoms with Gasteiger partial charge in [0, 0.05) is 11.8 Å². The van der Waals surface area contributed by atoms with Gasteiger partial charge in [0.2, 0.25) is 10.0 Å². The Morgan fingerprint density at radius 2 is 1.59 bits per heavy atom. The molecule has 2 unspecified atom stereocenters. The first-order valence-corrected chi connectivity index (χ1v) is 12.8. The fourth-order valence-electron chi connectivity index (χ4n) is 3.27. The quantitative estimate of drug-likeness (QED) is 0.588. The van der Waals surface area contributed by atoms with Crippen LogP contribution in [0.25, 0.3) is 0 Å². The molecule has 1 aliphatic heterocycles. The van der Waals surface area contributed by atoms with Crippen molar-refractivity contribution in [1.82, 2.24) is 9.80 Å². The molecule has 0 radical (unpaired) electrons. The zero-order chi connectivity index (χ0) is 26.1. The minimum absolute atomic E-state index is 0.101. The van der Waals surface area contributed by atoms with E-state index in [-0.39, 0.29) is 29.7 Å². The van der Waals surface area contributed by atoms with E-state index in [1.165, 1.54) is 29.2 Å². The Labute approximate surface area is 206 Å². The molecule has 10 nitrogen and oxygen atoms in total. The van der Waals surface area contributed by atoms with Crippen molar-refractivity contribution in [3.63, 3.8) is 0 Å². The number of nitrogens with two attached hydrogens (primary N) is 1. The van der Waals surface area contributed by atoms with Gasteiger partial charge in [-0.15, -0.1) is 0 Å². The number of amides is 3. The zero-order valence-corrected chi connectivity index (χ0v) is 22.0. The van der Waals surface area contributed by atoms with Crippen LogP contribution in [0.4, 0.5) is 9.59 Å². The van der Waals surface area contributed by atoms with Crippen molar-refractivity contribution in [2.75, 3.05) is 6.54 Å². The summed E-state index contributed by atoms with van der Waals surface area (Å²) in [6.07, 6.45) is -1.34. The summed E-state index contributed by atoms with van der Waals surface area (Å²) in [5.74, 6) is -0.646. The molecule has 0 saturated carbocycles. The van der Waals surface area contributed by atoms with Crippen molar-refractivity contribution >= 4 is 40.7 Å². The van der Waals surface area contributed by atoms with Crippen LogP contribution >= 0.6 is 12.6 Å². The lowest BCUT2D eigenvalue weighted by atomic mass is 10.1. The number of nitrogens with zero attached hydrogens (tertiary/aromatic N) is 2. The van der Waals surface area contributed by atoms with E-state index in [4.69, 9.17) is 14.6 Å². The van der Waals surface area contributed by atoms with Gasteiger partial charge in [0.15, 0.2) is 0 Å². The minimum atomic E-state index is -3.89. The lowest BCUT2D eigenvalue weighted by Gasteiger charge is -2.32. The fourth-order valence-corrected chi connectivity index (χ4v) is 4.16. The summed E-state index contributed by atoms with van der Waals surface area (Å²) in [4.78, 5) is 41.4. The predicted molar refractivity (Wildman–Crippen MR) is 129 cm³/mol. The molecule has 0 aromatic heterocycles. The smallest absolute Gasteiger partial charge is 0.417 e. The number of benzene rings is 1. The summed E-state index contributed by atoms with van der Waals surface area (Å²) in [6.45, 7) is 10.1. The highest BCUT2D eigenvalue weighted by Crippen LogP contribution is 2.27. The van der Waals surface area contributed by atoms with E-state index >= 15 is 0 Å². The summed E-state index contributed by atoms with van der Waals surface area (Å²) in [5, 5.41) is 4.85. The highest BCUT2D eigenvalue weighted by molar-refractivity contribution is 7.89. The second-order valence-corrected chi connectivity index (χ2v) is 12.4. The molecule has 34 heavy (non-hydrogen) atoms. The number of likely N-dealkylation sites (tertiary alicyclic amines) is 1. The van der Waals surface area contributed by atoms with Crippen LogP contribution in [-0.2, 0) is 30.8 Å². The minimum Gasteiger partial charge on any atom is -0.444 e. The van der Waals surface area contributed by atoms with Gasteiger partial charge in [0.25, 0.3) is 5.91 Å². The highest BCUT2D eigenvalue weighted by Gasteiger charge is 2.44. The molecule has 1 heterocycles. The van der Waals surface area contributed by atoms with E-state index in [0.29, 0.717) is 5.56 Å². The van der Waals surface area contributed by atoms with Crippen LogP contribution < -0.4 is 5.14 Å². The van der Waals surface area contributed by atoms with Crippen molar-refractivity contribution in [2.24, 2.45) is 5.14 Å². The molecule has 2 rings (SSSR count). The lowest BCUT2D eigenvalue weighted by Crippen LogP contribution is -2.51. The summed E-state index contributed by atoms with van der Waals surface area (Å²) in [5.41, 5.74) is -1.18. The summed E-state index contributed by atoms with van der Waals surface area (Å²) >= 11 is 4.43. The first-order chi connectivity index (χ1) is 15.4. The average Bonchev–Trinajstić information content (AvgIpc) is 3.04. The Morgan fingerprint density at radius 3 is 2.06 bits per heavy atom. The maximum atomic E-state index is 13.6. The van der Waals surface area contributed by atoms with E-state index in [2.05, 4.69) is 12.6 Å². The number of hydrogen-bond donors (Lipinski definition) is 2. The summed E-state index contributed by atoms with van der Waals surface area (Å²) < 4.78 is 33.9. The third-order valence-electron chi connectivity index (χ3n) is 4.66. The highest BCUT2D eigenvalue weighted by atomic mass is 32.2. The monoisotopic (exact) mass is 515 g/mol. The Balaban J connectivity index is 2.36. The molecule has 190 valence electrons. The van der Waals surface area contributed by atoms with Crippen molar-refractivity contribution in [3.8, 4) is 0 Å². The van der Waals surface area contributed by atoms with Crippen molar-refractivity contribution in [1.29, 1.82) is 0 Å². The number of sulfonamides is 1. The molecule has 12 heteroatoms. The summed E-state index contributed by atoms with van der Waals surface area (Å²) in [7, 11) is -3.89. The second-order valence-electron chi connectivity index (χ2n) is 10.1. The number of carbonyl (C=O) groups excluding carboxylic acids is 3. The molecule has 1 aromatic carbocycles. The maximum absolute atomic E-state index is 13.6. The van der Waals surface area contributed by atoms with E-state index in [0.717, 1.165) is 4.90 Å². The van der Waals surface area contributed by atoms with Gasteiger partial charge in [0.1, 0.15) is 17.2 Å². The molecule has 3 amide bonds. The molecule has 2 N–H and O–H groups in total. The van der Waals surface area contributed by atoms with Crippen LogP contribution in [0, 0.1) is 0 Å². The van der Waals surface area contributed by atoms with E-state index in [1.54, 1.807) is 41.5 Å². The number of primary sulfonamides is 1. The predicted octanol–water partition coefficient (Wildman–Crippen LogP) is 2.91. The number of ether oxygens (including phenoxy) is 2. The fraction of sp³-hybridized carbons (Fsp3) is 0.591. The summed E-state index contributed by atoms with van der Waals surface area (Å²) in [6, 6.07) is 4.50. The molecular formula is C22H33N3O7S2. The second kappa shape index (κ2) is 10.1. The lowest BCUT2D eigenvalue weighted by molar-refractivity contribution is -0.135. The SMILES string of the molecule is CC(C)(C)OC(=O)N(Cc1ccc(S(N)(=O)=O)cc1)C(=O)C1CC(S)CN1C(=O)OC(C)(C)C. The number of hydrogen-bond acceptors (Lipinski definition) is 8. The van der Waals surface area contributed by atoms with Crippen molar-refractivity contribution < 1.29 is 32.3 Å². The third-order valence-corrected chi connectivity index (χ3v) is 5.97. The Hall–Kier alpha value is -2.31. The van der Waals surface area contributed by atoms with Gasteiger partial charge in [-0.25, -0.2) is 28.0 Å². The molecule has 1 aliphatic rings. The number of rotatable bonds is 4. The standard InChI is InChI=1S/C22H33N3O7S2/c1-21(2,3)31-19(27)24-13-15(33)11-17(24)18(26)25(20(28)32-22(4,5)6)12-14-7-9-16(10-8-14)34(23,29)30/h7-10,15,17,33H,11-13H2,1-6H3,(H2,23,29,30). The first kappa shape index (κ1) is 27.9. The first-order valence-electron chi connectivity index (χ1n) is 10.7. The largest absolute Gasteiger partial charge is 0.444 e. The van der Waals surface area contributed by atoms with Gasteiger partial charge in [-0.1, -0.05) is 12.1 Å². The molecule has 1 aromatic rings. The Morgan fingerprint density at radius 1 is 1.06 bits per heavy atom. The van der Waals surface area contributed by atoms with Crippen LogP contribution in [-0.4, -0.2) is 65.3 Å². The molecule has 0 bridgehead atoms. The van der Waals surface area contributed by atoms with Crippen LogP contribution in [0.5, 0.6) is 0 Å². The molecule has 1 saturated heterocycles. The van der Waals surface area contributed by atoms with Gasteiger partial charge in [-0.2, -0.15) is 12.6 Å². The molecule has 0 spiro atoms. The van der Waals surface area contributed by atoms with E-state index in [1.807, 2.05) is 0 Å². The van der Waals surface area contributed by atoms with Crippen LogP contribution in [0.1, 0.15) is 53.5 Å². The van der Waals surface area contributed by atoms with Gasteiger partial charge in [0.05, 0.1) is 11.4 Å². The third kappa shape index (κ3) is 7.88. The molecule has 0 aliphatic carbocycles. The maximum Gasteiger partial charge on any atom is 0.417 e. The van der Waals surface area contributed by atoms with E-state index < -0.39 is 45.4 Å². The molecular weight excluding hydrogens is 482 g/mol. The number of imide groups is 1. The van der Waals surface area contributed by atoms with Gasteiger partial charge < -0.3 is 9.47 Å². The van der Waals surface area contributed by atoms with Crippen molar-refractivity contribution in [3.05, 3.63) is 29.8 Å². The van der Waals surface area contributed by atoms with E-state index in [9.17, 15) is 22.8 Å². The zero-order valence-electron chi connectivity index (χ0n) is 20.3.